The third-order valence-corrected chi connectivity index (χ3v) is 6.27. The predicted octanol–water partition coefficient (Wildman–Crippen LogP) is 1.78. The zero-order chi connectivity index (χ0) is 17.5. The fourth-order valence-electron chi connectivity index (χ4n) is 3.15. The van der Waals surface area contributed by atoms with Crippen LogP contribution >= 0.6 is 0 Å². The molecular formula is C17H21N3O3S. The van der Waals surface area contributed by atoms with Gasteiger partial charge in [0.15, 0.2) is 0 Å². The number of rotatable bonds is 3. The average Bonchev–Trinajstić information content (AvgIpc) is 3.03. The first-order chi connectivity index (χ1) is 11.3. The standard InChI is InChI=1S/C17H21N3O3S/c1-12-10-13-6-4-8-15(16(13)18-11-12)24(22,23)20-9-5-7-14(20)17(21)19(2)3/h4,6,8,10-11,14H,5,7,9H2,1-3H3/t14-/m0/s1. The second-order valence-corrected chi connectivity index (χ2v) is 8.21. The maximum Gasteiger partial charge on any atom is 0.245 e. The highest BCUT2D eigenvalue weighted by Gasteiger charge is 2.40. The van der Waals surface area contributed by atoms with Gasteiger partial charge in [-0.25, -0.2) is 8.42 Å². The van der Waals surface area contributed by atoms with Crippen molar-refractivity contribution in [1.82, 2.24) is 14.2 Å². The fourth-order valence-corrected chi connectivity index (χ4v) is 4.97. The van der Waals surface area contributed by atoms with Crippen molar-refractivity contribution in [2.45, 2.75) is 30.7 Å². The first-order valence-electron chi connectivity index (χ1n) is 7.91. The molecule has 0 aliphatic carbocycles. The molecule has 0 saturated carbocycles. The summed E-state index contributed by atoms with van der Waals surface area (Å²) in [5.41, 5.74) is 1.42. The van der Waals surface area contributed by atoms with E-state index in [4.69, 9.17) is 0 Å². The van der Waals surface area contributed by atoms with Gasteiger partial charge in [0.1, 0.15) is 10.9 Å². The van der Waals surface area contributed by atoms with Crippen molar-refractivity contribution in [2.75, 3.05) is 20.6 Å². The molecule has 3 rings (SSSR count). The Balaban J connectivity index is 2.10. The number of hydrogen-bond acceptors (Lipinski definition) is 4. The van der Waals surface area contributed by atoms with E-state index < -0.39 is 16.1 Å². The van der Waals surface area contributed by atoms with Crippen molar-refractivity contribution in [2.24, 2.45) is 0 Å². The van der Waals surface area contributed by atoms with Crippen LogP contribution in [-0.4, -0.2) is 55.2 Å². The normalized spacial score (nSPS) is 18.9. The fraction of sp³-hybridized carbons (Fsp3) is 0.412. The van der Waals surface area contributed by atoms with E-state index in [1.807, 2.05) is 19.1 Å². The van der Waals surface area contributed by atoms with Gasteiger partial charge in [-0.15, -0.1) is 0 Å². The smallest absolute Gasteiger partial charge is 0.245 e. The molecule has 2 heterocycles. The molecule has 7 heteroatoms. The van der Waals surface area contributed by atoms with Crippen LogP contribution in [0.3, 0.4) is 0 Å². The van der Waals surface area contributed by atoms with Gasteiger partial charge in [-0.2, -0.15) is 4.31 Å². The SMILES string of the molecule is Cc1cnc2c(S(=O)(=O)N3CCC[C@H]3C(=O)N(C)C)cccc2c1. The monoisotopic (exact) mass is 347 g/mol. The summed E-state index contributed by atoms with van der Waals surface area (Å²) in [6.07, 6.45) is 2.89. The topological polar surface area (TPSA) is 70.6 Å². The molecule has 0 N–H and O–H groups in total. The lowest BCUT2D eigenvalue weighted by atomic mass is 10.2. The number of likely N-dealkylation sites (N-methyl/N-ethyl adjacent to an activating group) is 1. The van der Waals surface area contributed by atoms with Crippen LogP contribution in [0, 0.1) is 6.92 Å². The van der Waals surface area contributed by atoms with Crippen LogP contribution in [0.5, 0.6) is 0 Å². The van der Waals surface area contributed by atoms with Crippen LogP contribution in [0.15, 0.2) is 35.4 Å². The number of carbonyl (C=O) groups excluding carboxylic acids is 1. The Morgan fingerprint density at radius 1 is 1.33 bits per heavy atom. The van der Waals surface area contributed by atoms with E-state index in [-0.39, 0.29) is 10.8 Å². The van der Waals surface area contributed by atoms with Crippen LogP contribution < -0.4 is 0 Å². The number of benzene rings is 1. The molecule has 0 radical (unpaired) electrons. The van der Waals surface area contributed by atoms with Crippen molar-refractivity contribution in [3.63, 3.8) is 0 Å². The number of pyridine rings is 1. The molecule has 0 unspecified atom stereocenters. The Hall–Kier alpha value is -1.99. The van der Waals surface area contributed by atoms with Crippen molar-refractivity contribution >= 4 is 26.8 Å². The second-order valence-electron chi connectivity index (χ2n) is 6.35. The maximum atomic E-state index is 13.2. The van der Waals surface area contributed by atoms with Crippen LogP contribution in [0.25, 0.3) is 10.9 Å². The number of aromatic nitrogens is 1. The predicted molar refractivity (Wildman–Crippen MR) is 92.1 cm³/mol. The van der Waals surface area contributed by atoms with E-state index in [1.54, 1.807) is 32.4 Å². The molecule has 1 atom stereocenters. The minimum Gasteiger partial charge on any atom is -0.347 e. The number of para-hydroxylation sites is 1. The van der Waals surface area contributed by atoms with E-state index in [0.717, 1.165) is 10.9 Å². The van der Waals surface area contributed by atoms with Crippen molar-refractivity contribution in [1.29, 1.82) is 0 Å². The number of amides is 1. The molecule has 1 saturated heterocycles. The number of aryl methyl sites for hydroxylation is 1. The Morgan fingerprint density at radius 2 is 2.08 bits per heavy atom. The first kappa shape index (κ1) is 16.9. The lowest BCUT2D eigenvalue weighted by molar-refractivity contribution is -0.132. The molecule has 2 aromatic rings. The summed E-state index contributed by atoms with van der Waals surface area (Å²) in [7, 11) is -0.489. The Bertz CT molecular complexity index is 893. The van der Waals surface area contributed by atoms with Crippen molar-refractivity contribution in [3.8, 4) is 0 Å². The van der Waals surface area contributed by atoms with Crippen LogP contribution in [0.1, 0.15) is 18.4 Å². The number of nitrogens with zero attached hydrogens (tertiary/aromatic N) is 3. The van der Waals surface area contributed by atoms with Gasteiger partial charge >= 0.3 is 0 Å². The number of fused-ring (bicyclic) bond motifs is 1. The minimum atomic E-state index is -3.78. The third-order valence-electron chi connectivity index (χ3n) is 4.33. The van der Waals surface area contributed by atoms with E-state index in [0.29, 0.717) is 24.9 Å². The Labute approximate surface area is 142 Å². The summed E-state index contributed by atoms with van der Waals surface area (Å²) in [4.78, 5) is 18.3. The van der Waals surface area contributed by atoms with E-state index in [2.05, 4.69) is 4.98 Å². The van der Waals surface area contributed by atoms with Gasteiger partial charge in [0.25, 0.3) is 0 Å². The molecule has 0 spiro atoms. The lowest BCUT2D eigenvalue weighted by Gasteiger charge is -2.25. The zero-order valence-electron chi connectivity index (χ0n) is 14.1. The summed E-state index contributed by atoms with van der Waals surface area (Å²) in [6.45, 7) is 2.27. The highest BCUT2D eigenvalue weighted by molar-refractivity contribution is 7.89. The van der Waals surface area contributed by atoms with Crippen LogP contribution in [0.2, 0.25) is 0 Å². The molecule has 128 valence electrons. The van der Waals surface area contributed by atoms with Crippen molar-refractivity contribution < 1.29 is 13.2 Å². The average molecular weight is 347 g/mol. The molecular weight excluding hydrogens is 326 g/mol. The largest absolute Gasteiger partial charge is 0.347 e. The number of carbonyl (C=O) groups is 1. The Kier molecular flexibility index (Phi) is 4.31. The zero-order valence-corrected chi connectivity index (χ0v) is 14.9. The highest BCUT2D eigenvalue weighted by atomic mass is 32.2. The van der Waals surface area contributed by atoms with E-state index >= 15 is 0 Å². The maximum absolute atomic E-state index is 13.2. The summed E-state index contributed by atoms with van der Waals surface area (Å²) >= 11 is 0. The molecule has 1 aliphatic rings. The Morgan fingerprint density at radius 3 is 2.79 bits per heavy atom. The van der Waals surface area contributed by atoms with Gasteiger partial charge in [0.2, 0.25) is 15.9 Å². The molecule has 1 aromatic heterocycles. The first-order valence-corrected chi connectivity index (χ1v) is 9.35. The molecule has 1 fully saturated rings. The second kappa shape index (κ2) is 6.14. The van der Waals surface area contributed by atoms with Gasteiger partial charge in [-0.3, -0.25) is 9.78 Å². The molecule has 24 heavy (non-hydrogen) atoms. The highest BCUT2D eigenvalue weighted by Crippen LogP contribution is 2.30. The van der Waals surface area contributed by atoms with E-state index in [1.165, 1.54) is 9.21 Å². The lowest BCUT2D eigenvalue weighted by Crippen LogP contribution is -2.45. The van der Waals surface area contributed by atoms with Gasteiger partial charge < -0.3 is 4.90 Å². The van der Waals surface area contributed by atoms with Gasteiger partial charge in [0, 0.05) is 32.2 Å². The molecule has 0 bridgehead atoms. The minimum absolute atomic E-state index is 0.165. The van der Waals surface area contributed by atoms with Gasteiger partial charge in [0.05, 0.1) is 5.52 Å². The van der Waals surface area contributed by atoms with Crippen LogP contribution in [0.4, 0.5) is 0 Å². The summed E-state index contributed by atoms with van der Waals surface area (Å²) in [5.74, 6) is -0.180. The molecule has 1 aromatic carbocycles. The van der Waals surface area contributed by atoms with Crippen molar-refractivity contribution in [3.05, 3.63) is 36.0 Å². The number of sulfonamides is 1. The summed E-state index contributed by atoms with van der Waals surface area (Å²) in [5, 5.41) is 0.783. The third kappa shape index (κ3) is 2.78. The summed E-state index contributed by atoms with van der Waals surface area (Å²) < 4.78 is 27.7. The van der Waals surface area contributed by atoms with E-state index in [9.17, 15) is 13.2 Å². The summed E-state index contributed by atoms with van der Waals surface area (Å²) in [6, 6.07) is 6.41. The quantitative estimate of drug-likeness (QED) is 0.849. The molecule has 6 nitrogen and oxygen atoms in total. The molecule has 1 amide bonds. The van der Waals surface area contributed by atoms with Gasteiger partial charge in [-0.1, -0.05) is 12.1 Å². The number of hydrogen-bond donors (Lipinski definition) is 0. The van der Waals surface area contributed by atoms with Gasteiger partial charge in [-0.05, 0) is 37.5 Å². The van der Waals surface area contributed by atoms with Crippen LogP contribution in [-0.2, 0) is 14.8 Å². The molecule has 1 aliphatic heterocycles.